The van der Waals surface area contributed by atoms with Crippen LogP contribution in [0, 0.1) is 13.8 Å². The van der Waals surface area contributed by atoms with E-state index in [0.717, 1.165) is 6.07 Å². The molecule has 4 rings (SSSR count). The first-order valence-corrected chi connectivity index (χ1v) is 11.5. The molecule has 0 radical (unpaired) electrons. The zero-order valence-electron chi connectivity index (χ0n) is 18.7. The van der Waals surface area contributed by atoms with Crippen molar-refractivity contribution in [3.05, 3.63) is 45.4 Å². The number of hydrogen-bond acceptors (Lipinski definition) is 6. The number of alkyl halides is 3. The Morgan fingerprint density at radius 1 is 1.14 bits per heavy atom. The van der Waals surface area contributed by atoms with Gasteiger partial charge in [0.15, 0.2) is 0 Å². The molecular formula is C21H19ClF3N7O2S. The maximum Gasteiger partial charge on any atom is 0.433 e. The van der Waals surface area contributed by atoms with E-state index in [1.54, 1.807) is 24.7 Å². The Labute approximate surface area is 205 Å². The van der Waals surface area contributed by atoms with E-state index < -0.39 is 23.7 Å². The topological polar surface area (TPSA) is 121 Å². The molecule has 0 bridgehead atoms. The number of nitrogens with one attached hydrogen (secondary N) is 1. The molecule has 0 aliphatic rings. The maximum atomic E-state index is 13.7. The quantitative estimate of drug-likeness (QED) is 0.386. The van der Waals surface area contributed by atoms with Gasteiger partial charge in [-0.2, -0.15) is 23.4 Å². The summed E-state index contributed by atoms with van der Waals surface area (Å²) in [7, 11) is 0. The molecule has 0 saturated heterocycles. The van der Waals surface area contributed by atoms with Gasteiger partial charge in [-0.05, 0) is 32.4 Å². The van der Waals surface area contributed by atoms with Gasteiger partial charge in [-0.3, -0.25) is 19.0 Å². The fraction of sp³-hybridized carbons (Fsp3) is 0.286. The highest BCUT2D eigenvalue weighted by atomic mass is 35.5. The molecule has 0 aliphatic heterocycles. The molecule has 2 amide bonds. The normalized spacial score (nSPS) is 11.9. The number of anilines is 1. The molecule has 0 aromatic carbocycles. The second-order valence-electron chi connectivity index (χ2n) is 7.70. The van der Waals surface area contributed by atoms with Gasteiger partial charge in [0.25, 0.3) is 5.91 Å². The molecule has 0 atom stereocenters. The largest absolute Gasteiger partial charge is 0.433 e. The van der Waals surface area contributed by atoms with Gasteiger partial charge in [0.05, 0.1) is 22.1 Å². The number of rotatable bonds is 6. The number of carbonyl (C=O) groups is 2. The Hall–Kier alpha value is -3.45. The number of primary amides is 1. The number of amides is 2. The fourth-order valence-electron chi connectivity index (χ4n) is 3.59. The molecule has 14 heteroatoms. The molecule has 0 saturated carbocycles. The van der Waals surface area contributed by atoms with E-state index >= 15 is 0 Å². The Bertz CT molecular complexity index is 1450. The Morgan fingerprint density at radius 2 is 1.83 bits per heavy atom. The van der Waals surface area contributed by atoms with Crippen molar-refractivity contribution in [2.75, 3.05) is 5.32 Å². The van der Waals surface area contributed by atoms with Crippen LogP contribution in [-0.4, -0.2) is 36.4 Å². The standard InChI is InChI=1S/C21H19ClF3N7O2S/c1-4-31-6-12(9(2)29-31)11-5-14(21(23,24)25)27-20-16(11)17(18(35-20)19(26)34)28-15(33)8-32-7-13(22)10(3)30-32/h5-7H,4,8H2,1-3H3,(H2,26,34)(H,28,33). The van der Waals surface area contributed by atoms with Crippen LogP contribution in [0.4, 0.5) is 18.9 Å². The van der Waals surface area contributed by atoms with Crippen molar-refractivity contribution in [2.45, 2.75) is 40.0 Å². The summed E-state index contributed by atoms with van der Waals surface area (Å²) < 4.78 is 43.9. The molecule has 0 fully saturated rings. The number of aromatic nitrogens is 5. The van der Waals surface area contributed by atoms with Crippen LogP contribution in [0.15, 0.2) is 18.5 Å². The number of halogens is 4. The first kappa shape index (κ1) is 24.7. The van der Waals surface area contributed by atoms with Gasteiger partial charge in [0.1, 0.15) is 21.9 Å². The van der Waals surface area contributed by atoms with E-state index in [9.17, 15) is 22.8 Å². The van der Waals surface area contributed by atoms with Gasteiger partial charge in [-0.1, -0.05) is 11.6 Å². The summed E-state index contributed by atoms with van der Waals surface area (Å²) in [5, 5.41) is 11.6. The number of pyridine rings is 1. The Balaban J connectivity index is 1.91. The predicted molar refractivity (Wildman–Crippen MR) is 125 cm³/mol. The van der Waals surface area contributed by atoms with Crippen LogP contribution >= 0.6 is 22.9 Å². The molecule has 9 nitrogen and oxygen atoms in total. The lowest BCUT2D eigenvalue weighted by atomic mass is 10.0. The fourth-order valence-corrected chi connectivity index (χ4v) is 4.75. The van der Waals surface area contributed by atoms with Crippen LogP contribution in [-0.2, 0) is 24.1 Å². The molecular weight excluding hydrogens is 507 g/mol. The third kappa shape index (κ3) is 4.73. The van der Waals surface area contributed by atoms with E-state index in [4.69, 9.17) is 17.3 Å². The number of nitrogens with zero attached hydrogens (tertiary/aromatic N) is 5. The first-order chi connectivity index (χ1) is 16.4. The second kappa shape index (κ2) is 8.96. The maximum absolute atomic E-state index is 13.7. The van der Waals surface area contributed by atoms with E-state index in [0.29, 0.717) is 39.9 Å². The summed E-state index contributed by atoms with van der Waals surface area (Å²) in [6, 6.07) is 0.885. The van der Waals surface area contributed by atoms with Crippen molar-refractivity contribution in [1.82, 2.24) is 24.5 Å². The summed E-state index contributed by atoms with van der Waals surface area (Å²) in [4.78, 5) is 28.5. The van der Waals surface area contributed by atoms with E-state index in [2.05, 4.69) is 20.5 Å². The minimum absolute atomic E-state index is 0.0163. The van der Waals surface area contributed by atoms with Crippen molar-refractivity contribution < 1.29 is 22.8 Å². The van der Waals surface area contributed by atoms with Gasteiger partial charge in [0.2, 0.25) is 5.91 Å². The molecule has 0 aliphatic carbocycles. The van der Waals surface area contributed by atoms with Gasteiger partial charge in [0, 0.05) is 29.9 Å². The summed E-state index contributed by atoms with van der Waals surface area (Å²) in [6.07, 6.45) is -1.68. The minimum atomic E-state index is -4.74. The molecule has 35 heavy (non-hydrogen) atoms. The monoisotopic (exact) mass is 525 g/mol. The zero-order chi connectivity index (χ0) is 25.7. The summed E-state index contributed by atoms with van der Waals surface area (Å²) in [5.74, 6) is -1.50. The van der Waals surface area contributed by atoms with Gasteiger partial charge >= 0.3 is 6.18 Å². The third-order valence-electron chi connectivity index (χ3n) is 5.19. The predicted octanol–water partition coefficient (Wildman–Crippen LogP) is 4.40. The number of hydrogen-bond donors (Lipinski definition) is 2. The highest BCUT2D eigenvalue weighted by Gasteiger charge is 2.35. The number of aryl methyl sites for hydroxylation is 3. The lowest BCUT2D eigenvalue weighted by molar-refractivity contribution is -0.140. The van der Waals surface area contributed by atoms with Crippen molar-refractivity contribution in [2.24, 2.45) is 5.73 Å². The Morgan fingerprint density at radius 3 is 2.37 bits per heavy atom. The van der Waals surface area contributed by atoms with Crippen LogP contribution in [0.1, 0.15) is 33.7 Å². The van der Waals surface area contributed by atoms with Crippen LogP contribution in [0.25, 0.3) is 21.3 Å². The van der Waals surface area contributed by atoms with E-state index in [-0.39, 0.29) is 32.9 Å². The van der Waals surface area contributed by atoms with Crippen LogP contribution in [0.3, 0.4) is 0 Å². The van der Waals surface area contributed by atoms with Crippen molar-refractivity contribution in [3.8, 4) is 11.1 Å². The second-order valence-corrected chi connectivity index (χ2v) is 9.10. The first-order valence-electron chi connectivity index (χ1n) is 10.3. The minimum Gasteiger partial charge on any atom is -0.365 e. The van der Waals surface area contributed by atoms with Crippen molar-refractivity contribution in [1.29, 1.82) is 0 Å². The average molecular weight is 526 g/mol. The average Bonchev–Trinajstić information content (AvgIpc) is 3.42. The summed E-state index contributed by atoms with van der Waals surface area (Å²) in [6.45, 7) is 5.41. The van der Waals surface area contributed by atoms with Crippen LogP contribution < -0.4 is 11.1 Å². The molecule has 4 aromatic heterocycles. The van der Waals surface area contributed by atoms with Crippen LogP contribution in [0.2, 0.25) is 5.02 Å². The molecule has 3 N–H and O–H groups in total. The van der Waals surface area contributed by atoms with E-state index in [1.165, 1.54) is 10.9 Å². The van der Waals surface area contributed by atoms with E-state index in [1.807, 2.05) is 6.92 Å². The molecule has 4 aromatic rings. The molecule has 0 unspecified atom stereocenters. The van der Waals surface area contributed by atoms with Crippen molar-refractivity contribution >= 4 is 50.7 Å². The van der Waals surface area contributed by atoms with Gasteiger partial charge < -0.3 is 11.1 Å². The summed E-state index contributed by atoms with van der Waals surface area (Å²) >= 11 is 6.66. The number of thiophene rings is 1. The highest BCUT2D eigenvalue weighted by Crippen LogP contribution is 2.44. The molecule has 4 heterocycles. The smallest absolute Gasteiger partial charge is 0.365 e. The van der Waals surface area contributed by atoms with Gasteiger partial charge in [-0.15, -0.1) is 11.3 Å². The van der Waals surface area contributed by atoms with Crippen molar-refractivity contribution in [3.63, 3.8) is 0 Å². The Kier molecular flexibility index (Phi) is 6.32. The summed E-state index contributed by atoms with van der Waals surface area (Å²) in [5.41, 5.74) is 5.88. The third-order valence-corrected chi connectivity index (χ3v) is 6.66. The lowest BCUT2D eigenvalue weighted by Gasteiger charge is -2.12. The SMILES string of the molecule is CCn1cc(-c2cc(C(F)(F)F)nc3sc(C(N)=O)c(NC(=O)Cn4cc(Cl)c(C)n4)c23)c(C)n1. The lowest BCUT2D eigenvalue weighted by Crippen LogP contribution is -2.21. The number of carbonyl (C=O) groups excluding carboxylic acids is 2. The molecule has 0 spiro atoms. The van der Waals surface area contributed by atoms with Crippen LogP contribution in [0.5, 0.6) is 0 Å². The van der Waals surface area contributed by atoms with Gasteiger partial charge in [-0.25, -0.2) is 4.98 Å². The number of fused-ring (bicyclic) bond motifs is 1. The highest BCUT2D eigenvalue weighted by molar-refractivity contribution is 7.21. The number of nitrogens with two attached hydrogens (primary N) is 1. The zero-order valence-corrected chi connectivity index (χ0v) is 20.3. The molecule has 184 valence electrons.